The van der Waals surface area contributed by atoms with Crippen molar-refractivity contribution in [2.24, 2.45) is 0 Å². The molecule has 4 heteroatoms. The van der Waals surface area contributed by atoms with Crippen LogP contribution in [-0.2, 0) is 6.54 Å². The zero-order valence-electron chi connectivity index (χ0n) is 9.34. The van der Waals surface area contributed by atoms with Gasteiger partial charge in [-0.25, -0.2) is 0 Å². The Morgan fingerprint density at radius 3 is 2.81 bits per heavy atom. The van der Waals surface area contributed by atoms with Crippen molar-refractivity contribution < 1.29 is 0 Å². The molecule has 0 aliphatic carbocycles. The van der Waals surface area contributed by atoms with E-state index in [0.29, 0.717) is 0 Å². The van der Waals surface area contributed by atoms with Gasteiger partial charge in [0.25, 0.3) is 0 Å². The number of rotatable bonds is 3. The first-order valence-electron chi connectivity index (χ1n) is 5.15. The van der Waals surface area contributed by atoms with Crippen LogP contribution in [0.15, 0.2) is 24.4 Å². The van der Waals surface area contributed by atoms with E-state index >= 15 is 0 Å². The van der Waals surface area contributed by atoms with E-state index in [0.717, 1.165) is 17.9 Å². The molecule has 0 unspecified atom stereocenters. The van der Waals surface area contributed by atoms with E-state index in [2.05, 4.69) is 63.2 Å². The van der Waals surface area contributed by atoms with Gasteiger partial charge < -0.3 is 5.32 Å². The number of aryl methyl sites for hydroxylation is 2. The van der Waals surface area contributed by atoms with E-state index in [1.165, 1.54) is 14.7 Å². The normalized spacial score (nSPS) is 10.4. The second kappa shape index (κ2) is 4.86. The van der Waals surface area contributed by atoms with Gasteiger partial charge in [-0.05, 0) is 54.1 Å². The summed E-state index contributed by atoms with van der Waals surface area (Å²) >= 11 is 2.35. The van der Waals surface area contributed by atoms with E-state index in [-0.39, 0.29) is 0 Å². The number of H-pyrrole nitrogens is 1. The van der Waals surface area contributed by atoms with E-state index in [1.807, 2.05) is 13.1 Å². The van der Waals surface area contributed by atoms with E-state index < -0.39 is 0 Å². The first-order valence-corrected chi connectivity index (χ1v) is 6.23. The summed E-state index contributed by atoms with van der Waals surface area (Å²) in [6, 6.07) is 6.39. The Balaban J connectivity index is 2.05. The minimum atomic E-state index is 0.807. The predicted molar refractivity (Wildman–Crippen MR) is 74.5 cm³/mol. The minimum absolute atomic E-state index is 0.807. The number of benzene rings is 1. The Kier molecular flexibility index (Phi) is 3.48. The lowest BCUT2D eigenvalue weighted by Crippen LogP contribution is -2.00. The SMILES string of the molecule is Cc1ccc(NCc2cn[nH]c2C)cc1I. The Morgan fingerprint density at radius 2 is 2.19 bits per heavy atom. The van der Waals surface area contributed by atoms with Crippen molar-refractivity contribution in [1.82, 2.24) is 10.2 Å². The summed E-state index contributed by atoms with van der Waals surface area (Å²) in [6.45, 7) is 4.95. The molecule has 2 N–H and O–H groups in total. The number of aromatic amines is 1. The summed E-state index contributed by atoms with van der Waals surface area (Å²) in [7, 11) is 0. The maximum absolute atomic E-state index is 4.00. The molecule has 0 saturated heterocycles. The number of aromatic nitrogens is 2. The summed E-state index contributed by atoms with van der Waals surface area (Å²) in [5, 5.41) is 10.3. The average Bonchev–Trinajstić information content (AvgIpc) is 2.66. The zero-order valence-corrected chi connectivity index (χ0v) is 11.5. The van der Waals surface area contributed by atoms with E-state index in [9.17, 15) is 0 Å². The summed E-state index contributed by atoms with van der Waals surface area (Å²) in [5.74, 6) is 0. The van der Waals surface area contributed by atoms with Crippen molar-refractivity contribution in [1.29, 1.82) is 0 Å². The average molecular weight is 327 g/mol. The maximum Gasteiger partial charge on any atom is 0.0539 e. The zero-order chi connectivity index (χ0) is 11.5. The number of halogens is 1. The molecule has 0 fully saturated rings. The Labute approximate surface area is 109 Å². The molecule has 1 heterocycles. The number of hydrogen-bond donors (Lipinski definition) is 2. The third-order valence-corrected chi connectivity index (χ3v) is 3.75. The molecule has 0 amide bonds. The Hall–Kier alpha value is -1.04. The molecule has 0 aliphatic heterocycles. The quantitative estimate of drug-likeness (QED) is 0.850. The largest absolute Gasteiger partial charge is 0.381 e. The highest BCUT2D eigenvalue weighted by molar-refractivity contribution is 14.1. The van der Waals surface area contributed by atoms with Crippen LogP contribution in [0.4, 0.5) is 5.69 Å². The van der Waals surface area contributed by atoms with Gasteiger partial charge in [0.1, 0.15) is 0 Å². The molecular weight excluding hydrogens is 313 g/mol. The van der Waals surface area contributed by atoms with Crippen LogP contribution in [0, 0.1) is 17.4 Å². The molecule has 0 atom stereocenters. The summed E-state index contributed by atoms with van der Waals surface area (Å²) in [4.78, 5) is 0. The van der Waals surface area contributed by atoms with Crippen LogP contribution in [0.3, 0.4) is 0 Å². The second-order valence-electron chi connectivity index (χ2n) is 3.84. The summed E-state index contributed by atoms with van der Waals surface area (Å²) < 4.78 is 1.28. The third-order valence-electron chi connectivity index (χ3n) is 2.59. The predicted octanol–water partition coefficient (Wildman–Crippen LogP) is 3.24. The molecule has 0 saturated carbocycles. The van der Waals surface area contributed by atoms with Gasteiger partial charge in [-0.1, -0.05) is 6.07 Å². The van der Waals surface area contributed by atoms with Crippen LogP contribution < -0.4 is 5.32 Å². The lowest BCUT2D eigenvalue weighted by molar-refractivity contribution is 1.04. The molecule has 0 radical (unpaired) electrons. The van der Waals surface area contributed by atoms with Crippen LogP contribution in [0.25, 0.3) is 0 Å². The molecule has 84 valence electrons. The number of anilines is 1. The van der Waals surface area contributed by atoms with Crippen molar-refractivity contribution in [3.05, 3.63) is 44.8 Å². The monoisotopic (exact) mass is 327 g/mol. The summed E-state index contributed by atoms with van der Waals surface area (Å²) in [5.41, 5.74) is 4.78. The molecule has 16 heavy (non-hydrogen) atoms. The Bertz CT molecular complexity index is 491. The maximum atomic E-state index is 4.00. The van der Waals surface area contributed by atoms with Gasteiger partial charge in [-0.15, -0.1) is 0 Å². The van der Waals surface area contributed by atoms with Gasteiger partial charge in [0.05, 0.1) is 6.20 Å². The van der Waals surface area contributed by atoms with Crippen molar-refractivity contribution in [3.63, 3.8) is 0 Å². The molecule has 0 spiro atoms. The second-order valence-corrected chi connectivity index (χ2v) is 5.00. The van der Waals surface area contributed by atoms with Gasteiger partial charge in [-0.3, -0.25) is 5.10 Å². The fraction of sp³-hybridized carbons (Fsp3) is 0.250. The van der Waals surface area contributed by atoms with Crippen molar-refractivity contribution in [2.75, 3.05) is 5.32 Å². The van der Waals surface area contributed by atoms with Gasteiger partial charge in [0.15, 0.2) is 0 Å². The first kappa shape index (κ1) is 11.4. The molecule has 1 aromatic carbocycles. The topological polar surface area (TPSA) is 40.7 Å². The van der Waals surface area contributed by atoms with Crippen molar-refractivity contribution >= 4 is 28.3 Å². The van der Waals surface area contributed by atoms with Crippen molar-refractivity contribution in [2.45, 2.75) is 20.4 Å². The van der Waals surface area contributed by atoms with Gasteiger partial charge >= 0.3 is 0 Å². The smallest absolute Gasteiger partial charge is 0.0539 e. The van der Waals surface area contributed by atoms with Crippen LogP contribution >= 0.6 is 22.6 Å². The number of nitrogens with zero attached hydrogens (tertiary/aromatic N) is 1. The lowest BCUT2D eigenvalue weighted by Gasteiger charge is -2.07. The minimum Gasteiger partial charge on any atom is -0.381 e. The Morgan fingerprint density at radius 1 is 1.38 bits per heavy atom. The van der Waals surface area contributed by atoms with E-state index in [1.54, 1.807) is 0 Å². The highest BCUT2D eigenvalue weighted by Gasteiger charge is 2.01. The number of nitrogens with one attached hydrogen (secondary N) is 2. The van der Waals surface area contributed by atoms with Crippen LogP contribution in [0.5, 0.6) is 0 Å². The highest BCUT2D eigenvalue weighted by Crippen LogP contribution is 2.17. The van der Waals surface area contributed by atoms with Crippen LogP contribution in [-0.4, -0.2) is 10.2 Å². The molecule has 3 nitrogen and oxygen atoms in total. The third kappa shape index (κ3) is 2.55. The van der Waals surface area contributed by atoms with Gasteiger partial charge in [0, 0.05) is 27.1 Å². The fourth-order valence-corrected chi connectivity index (χ4v) is 1.97. The fourth-order valence-electron chi connectivity index (χ4n) is 1.45. The lowest BCUT2D eigenvalue weighted by atomic mass is 10.2. The highest BCUT2D eigenvalue weighted by atomic mass is 127. The molecule has 0 bridgehead atoms. The summed E-state index contributed by atoms with van der Waals surface area (Å²) in [6.07, 6.45) is 1.86. The molecule has 1 aromatic heterocycles. The van der Waals surface area contributed by atoms with Crippen molar-refractivity contribution in [3.8, 4) is 0 Å². The molecule has 2 aromatic rings. The van der Waals surface area contributed by atoms with Crippen LogP contribution in [0.2, 0.25) is 0 Å². The van der Waals surface area contributed by atoms with E-state index in [4.69, 9.17) is 0 Å². The molecule has 0 aliphatic rings. The van der Waals surface area contributed by atoms with Gasteiger partial charge in [-0.2, -0.15) is 5.10 Å². The first-order chi connectivity index (χ1) is 7.66. The number of hydrogen-bond acceptors (Lipinski definition) is 2. The van der Waals surface area contributed by atoms with Crippen LogP contribution in [0.1, 0.15) is 16.8 Å². The van der Waals surface area contributed by atoms with Gasteiger partial charge in [0.2, 0.25) is 0 Å². The molecular formula is C12H14IN3. The molecule has 2 rings (SSSR count). The standard InChI is InChI=1S/C12H14IN3/c1-8-3-4-11(5-12(8)13)14-6-10-7-15-16-9(10)2/h3-5,7,14H,6H2,1-2H3,(H,15,16).